The predicted molar refractivity (Wildman–Crippen MR) is 65.0 cm³/mol. The molecule has 1 aromatic rings. The fourth-order valence-corrected chi connectivity index (χ4v) is 2.70. The van der Waals surface area contributed by atoms with Crippen molar-refractivity contribution in [1.29, 1.82) is 0 Å². The number of thioether (sulfide) groups is 1. The van der Waals surface area contributed by atoms with Crippen LogP contribution in [0.3, 0.4) is 0 Å². The fraction of sp³-hybridized carbons (Fsp3) is 0.333. The van der Waals surface area contributed by atoms with Gasteiger partial charge in [0.05, 0.1) is 12.4 Å². The Bertz CT molecular complexity index is 447. The molecule has 1 aliphatic heterocycles. The lowest BCUT2D eigenvalue weighted by Crippen LogP contribution is -2.42. The number of piperidine rings is 1. The van der Waals surface area contributed by atoms with E-state index in [1.165, 1.54) is 11.8 Å². The third-order valence-corrected chi connectivity index (χ3v) is 3.77. The molecule has 1 heterocycles. The molecule has 1 atom stereocenters. The standard InChI is InChI=1S/C12H13NO3S/c1-16-8-3-2-4-9(7-8)17-10-5-6-11(14)13-12(10)15/h2-4,7,10H,5-6H2,1H3,(H,13,14,15). The molecule has 0 aromatic heterocycles. The van der Waals surface area contributed by atoms with Gasteiger partial charge in [-0.25, -0.2) is 0 Å². The molecule has 5 heteroatoms. The van der Waals surface area contributed by atoms with Crippen molar-refractivity contribution in [3.8, 4) is 5.75 Å². The number of rotatable bonds is 3. The molecule has 2 amide bonds. The maximum absolute atomic E-state index is 11.6. The van der Waals surface area contributed by atoms with Gasteiger partial charge in [-0.15, -0.1) is 11.8 Å². The van der Waals surface area contributed by atoms with Crippen LogP contribution in [0.5, 0.6) is 5.75 Å². The molecule has 1 saturated heterocycles. The normalized spacial score (nSPS) is 19.9. The van der Waals surface area contributed by atoms with Crippen LogP contribution in [0.15, 0.2) is 29.2 Å². The third kappa shape index (κ3) is 3.00. The molecule has 0 spiro atoms. The van der Waals surface area contributed by atoms with E-state index in [2.05, 4.69) is 5.32 Å². The Kier molecular flexibility index (Phi) is 3.68. The number of imide groups is 1. The maximum atomic E-state index is 11.6. The van der Waals surface area contributed by atoms with Crippen LogP contribution in [0.1, 0.15) is 12.8 Å². The van der Waals surface area contributed by atoms with Crippen LogP contribution >= 0.6 is 11.8 Å². The molecular weight excluding hydrogens is 238 g/mol. The quantitative estimate of drug-likeness (QED) is 0.829. The Morgan fingerprint density at radius 1 is 1.41 bits per heavy atom. The van der Waals surface area contributed by atoms with Crippen LogP contribution in [-0.4, -0.2) is 24.2 Å². The summed E-state index contributed by atoms with van der Waals surface area (Å²) in [5.74, 6) is 0.383. The highest BCUT2D eigenvalue weighted by molar-refractivity contribution is 8.00. The first-order valence-electron chi connectivity index (χ1n) is 5.33. The topological polar surface area (TPSA) is 55.4 Å². The Labute approximate surface area is 104 Å². The zero-order valence-corrected chi connectivity index (χ0v) is 10.3. The van der Waals surface area contributed by atoms with E-state index in [0.29, 0.717) is 12.8 Å². The summed E-state index contributed by atoms with van der Waals surface area (Å²) in [6, 6.07) is 7.55. The minimum Gasteiger partial charge on any atom is -0.497 e. The SMILES string of the molecule is COc1cccc(SC2CCC(=O)NC2=O)c1. The number of ether oxygens (including phenoxy) is 1. The number of methoxy groups -OCH3 is 1. The van der Waals surface area contributed by atoms with Gasteiger partial charge in [0, 0.05) is 11.3 Å². The molecule has 1 N–H and O–H groups in total. The second kappa shape index (κ2) is 5.23. The second-order valence-electron chi connectivity index (χ2n) is 3.74. The van der Waals surface area contributed by atoms with Crippen molar-refractivity contribution in [1.82, 2.24) is 5.32 Å². The molecule has 90 valence electrons. The monoisotopic (exact) mass is 251 g/mol. The molecule has 1 fully saturated rings. The average Bonchev–Trinajstić information content (AvgIpc) is 2.33. The van der Waals surface area contributed by atoms with E-state index in [4.69, 9.17) is 4.74 Å². The van der Waals surface area contributed by atoms with Crippen molar-refractivity contribution in [2.75, 3.05) is 7.11 Å². The molecule has 17 heavy (non-hydrogen) atoms. The molecule has 0 saturated carbocycles. The van der Waals surface area contributed by atoms with Gasteiger partial charge in [-0.2, -0.15) is 0 Å². The van der Waals surface area contributed by atoms with Crippen molar-refractivity contribution in [3.05, 3.63) is 24.3 Å². The number of benzene rings is 1. The molecule has 1 aliphatic rings. The minimum absolute atomic E-state index is 0.183. The summed E-state index contributed by atoms with van der Waals surface area (Å²) < 4.78 is 5.12. The lowest BCUT2D eigenvalue weighted by Gasteiger charge is -2.20. The first-order valence-corrected chi connectivity index (χ1v) is 6.21. The summed E-state index contributed by atoms with van der Waals surface area (Å²) in [7, 11) is 1.61. The van der Waals surface area contributed by atoms with Crippen molar-refractivity contribution >= 4 is 23.6 Å². The van der Waals surface area contributed by atoms with Gasteiger partial charge in [0.25, 0.3) is 0 Å². The number of hydrogen-bond donors (Lipinski definition) is 1. The van der Waals surface area contributed by atoms with E-state index in [0.717, 1.165) is 10.6 Å². The Hall–Kier alpha value is -1.49. The summed E-state index contributed by atoms with van der Waals surface area (Å²) >= 11 is 1.46. The first kappa shape index (κ1) is 12.0. The largest absolute Gasteiger partial charge is 0.497 e. The minimum atomic E-state index is -0.200. The van der Waals surface area contributed by atoms with E-state index in [1.54, 1.807) is 7.11 Å². The van der Waals surface area contributed by atoms with Gasteiger partial charge in [-0.3, -0.25) is 14.9 Å². The Morgan fingerprint density at radius 3 is 2.94 bits per heavy atom. The van der Waals surface area contributed by atoms with E-state index in [9.17, 15) is 9.59 Å². The molecular formula is C12H13NO3S. The zero-order chi connectivity index (χ0) is 12.3. The summed E-state index contributed by atoms with van der Waals surface area (Å²) in [5, 5.41) is 2.15. The van der Waals surface area contributed by atoms with E-state index in [1.807, 2.05) is 24.3 Å². The third-order valence-electron chi connectivity index (χ3n) is 2.51. The van der Waals surface area contributed by atoms with E-state index >= 15 is 0 Å². The fourth-order valence-electron chi connectivity index (χ4n) is 1.62. The summed E-state index contributed by atoms with van der Waals surface area (Å²) in [6.07, 6.45) is 1.000. The van der Waals surface area contributed by atoms with Crippen molar-refractivity contribution < 1.29 is 14.3 Å². The summed E-state index contributed by atoms with van der Waals surface area (Å²) in [6.45, 7) is 0. The first-order chi connectivity index (χ1) is 8.19. The van der Waals surface area contributed by atoms with Gasteiger partial charge in [0.1, 0.15) is 5.75 Å². The zero-order valence-electron chi connectivity index (χ0n) is 9.43. The van der Waals surface area contributed by atoms with Gasteiger partial charge < -0.3 is 4.74 Å². The highest BCUT2D eigenvalue weighted by atomic mass is 32.2. The molecule has 0 bridgehead atoms. The molecule has 0 radical (unpaired) electrons. The van der Waals surface area contributed by atoms with Gasteiger partial charge in [0.15, 0.2) is 0 Å². The number of carbonyl (C=O) groups excluding carboxylic acids is 2. The molecule has 4 nitrogen and oxygen atoms in total. The van der Waals surface area contributed by atoms with Crippen LogP contribution in [0.4, 0.5) is 0 Å². The van der Waals surface area contributed by atoms with Crippen LogP contribution in [0.25, 0.3) is 0 Å². The average molecular weight is 251 g/mol. The Balaban J connectivity index is 2.05. The Morgan fingerprint density at radius 2 is 2.24 bits per heavy atom. The number of amides is 2. The van der Waals surface area contributed by atoms with Crippen LogP contribution < -0.4 is 10.1 Å². The van der Waals surface area contributed by atoms with Crippen molar-refractivity contribution in [3.63, 3.8) is 0 Å². The number of carbonyl (C=O) groups is 2. The van der Waals surface area contributed by atoms with Gasteiger partial charge >= 0.3 is 0 Å². The maximum Gasteiger partial charge on any atom is 0.240 e. The lowest BCUT2D eigenvalue weighted by molar-refractivity contribution is -0.132. The number of nitrogens with one attached hydrogen (secondary N) is 1. The van der Waals surface area contributed by atoms with Crippen LogP contribution in [0.2, 0.25) is 0 Å². The molecule has 1 aromatic carbocycles. The van der Waals surface area contributed by atoms with Gasteiger partial charge in [-0.05, 0) is 24.6 Å². The molecule has 2 rings (SSSR count). The van der Waals surface area contributed by atoms with Gasteiger partial charge in [0.2, 0.25) is 11.8 Å². The summed E-state index contributed by atoms with van der Waals surface area (Å²) in [5.41, 5.74) is 0. The van der Waals surface area contributed by atoms with E-state index < -0.39 is 0 Å². The molecule has 0 aliphatic carbocycles. The highest BCUT2D eigenvalue weighted by Crippen LogP contribution is 2.30. The second-order valence-corrected chi connectivity index (χ2v) is 5.01. The number of hydrogen-bond acceptors (Lipinski definition) is 4. The predicted octanol–water partition coefficient (Wildman–Crippen LogP) is 1.59. The van der Waals surface area contributed by atoms with Gasteiger partial charge in [-0.1, -0.05) is 6.07 Å². The smallest absolute Gasteiger partial charge is 0.240 e. The van der Waals surface area contributed by atoms with Crippen molar-refractivity contribution in [2.45, 2.75) is 23.0 Å². The summed E-state index contributed by atoms with van der Waals surface area (Å²) in [4.78, 5) is 23.6. The highest BCUT2D eigenvalue weighted by Gasteiger charge is 2.27. The van der Waals surface area contributed by atoms with Crippen molar-refractivity contribution in [2.24, 2.45) is 0 Å². The lowest BCUT2D eigenvalue weighted by atomic mass is 10.1. The van der Waals surface area contributed by atoms with E-state index in [-0.39, 0.29) is 17.1 Å². The molecule has 1 unspecified atom stereocenters. The van der Waals surface area contributed by atoms with Crippen LogP contribution in [-0.2, 0) is 9.59 Å². The van der Waals surface area contributed by atoms with Crippen LogP contribution in [0, 0.1) is 0 Å².